The van der Waals surface area contributed by atoms with Crippen molar-refractivity contribution in [3.63, 3.8) is 0 Å². The first-order valence-electron chi connectivity index (χ1n) is 3.69. The first-order chi connectivity index (χ1) is 6.63. The molecule has 0 saturated heterocycles. The van der Waals surface area contributed by atoms with Gasteiger partial charge in [-0.15, -0.1) is 0 Å². The minimum absolute atomic E-state index is 0.452. The SMILES string of the molecule is Nc1cc(/C=C/C(=O)OCl)ccc1Cl. The topological polar surface area (TPSA) is 52.3 Å². The zero-order valence-corrected chi connectivity index (χ0v) is 8.55. The Kier molecular flexibility index (Phi) is 3.80. The lowest BCUT2D eigenvalue weighted by Gasteiger charge is -1.98. The number of halogens is 2. The summed E-state index contributed by atoms with van der Waals surface area (Å²) in [6.07, 6.45) is 2.72. The van der Waals surface area contributed by atoms with E-state index in [1.165, 1.54) is 12.2 Å². The first-order valence-corrected chi connectivity index (χ1v) is 4.38. The molecule has 3 nitrogen and oxygen atoms in total. The van der Waals surface area contributed by atoms with Crippen LogP contribution in [0.15, 0.2) is 24.3 Å². The minimum Gasteiger partial charge on any atom is -0.398 e. The highest BCUT2D eigenvalue weighted by atomic mass is 35.5. The fourth-order valence-electron chi connectivity index (χ4n) is 0.856. The van der Waals surface area contributed by atoms with Crippen LogP contribution in [-0.2, 0) is 9.08 Å². The second-order valence-electron chi connectivity index (χ2n) is 2.51. The van der Waals surface area contributed by atoms with Crippen molar-refractivity contribution >= 4 is 41.2 Å². The van der Waals surface area contributed by atoms with Crippen molar-refractivity contribution in [3.05, 3.63) is 34.9 Å². The van der Waals surface area contributed by atoms with Crippen LogP contribution < -0.4 is 5.73 Å². The van der Waals surface area contributed by atoms with Crippen LogP contribution in [0.4, 0.5) is 5.69 Å². The Morgan fingerprint density at radius 1 is 1.50 bits per heavy atom. The molecule has 0 amide bonds. The Morgan fingerprint density at radius 2 is 2.21 bits per heavy atom. The van der Waals surface area contributed by atoms with Crippen molar-refractivity contribution in [1.82, 2.24) is 0 Å². The molecule has 0 saturated carbocycles. The molecule has 1 rings (SSSR count). The van der Waals surface area contributed by atoms with Crippen LogP contribution in [-0.4, -0.2) is 5.97 Å². The molecule has 0 atom stereocenters. The molecule has 74 valence electrons. The smallest absolute Gasteiger partial charge is 0.349 e. The van der Waals surface area contributed by atoms with Gasteiger partial charge in [0, 0.05) is 6.08 Å². The van der Waals surface area contributed by atoms with Crippen LogP contribution in [0.25, 0.3) is 6.08 Å². The molecule has 5 heteroatoms. The number of nitrogen functional groups attached to an aromatic ring is 1. The molecular formula is C9H7Cl2NO2. The largest absolute Gasteiger partial charge is 0.398 e. The summed E-state index contributed by atoms with van der Waals surface area (Å²) in [5.41, 5.74) is 6.75. The van der Waals surface area contributed by atoms with Crippen molar-refractivity contribution in [2.75, 3.05) is 5.73 Å². The van der Waals surface area contributed by atoms with Crippen LogP contribution >= 0.6 is 23.5 Å². The lowest BCUT2D eigenvalue weighted by molar-refractivity contribution is -0.128. The molecular weight excluding hydrogens is 225 g/mol. The number of anilines is 1. The fourth-order valence-corrected chi connectivity index (χ4v) is 1.02. The maximum absolute atomic E-state index is 10.6. The third-order valence-corrected chi connectivity index (χ3v) is 2.00. The Hall–Kier alpha value is -1.19. The molecule has 0 unspecified atom stereocenters. The van der Waals surface area contributed by atoms with E-state index < -0.39 is 5.97 Å². The molecule has 1 aromatic rings. The van der Waals surface area contributed by atoms with Crippen LogP contribution in [0, 0.1) is 0 Å². The van der Waals surface area contributed by atoms with Gasteiger partial charge in [-0.3, -0.25) is 0 Å². The average molecular weight is 232 g/mol. The molecule has 0 fully saturated rings. The van der Waals surface area contributed by atoms with Gasteiger partial charge in [-0.25, -0.2) is 4.79 Å². The first kappa shape index (κ1) is 10.9. The van der Waals surface area contributed by atoms with E-state index in [0.29, 0.717) is 10.7 Å². The second kappa shape index (κ2) is 4.88. The second-order valence-corrected chi connectivity index (χ2v) is 3.07. The van der Waals surface area contributed by atoms with Gasteiger partial charge in [-0.1, -0.05) is 17.7 Å². The van der Waals surface area contributed by atoms with Crippen molar-refractivity contribution in [2.45, 2.75) is 0 Å². The minimum atomic E-state index is -0.639. The lowest BCUT2D eigenvalue weighted by Crippen LogP contribution is -1.90. The lowest BCUT2D eigenvalue weighted by atomic mass is 10.2. The summed E-state index contributed by atoms with van der Waals surface area (Å²) in [7, 11) is 0. The van der Waals surface area contributed by atoms with E-state index in [4.69, 9.17) is 29.2 Å². The molecule has 14 heavy (non-hydrogen) atoms. The number of hydrogen-bond acceptors (Lipinski definition) is 3. The number of rotatable bonds is 2. The van der Waals surface area contributed by atoms with Gasteiger partial charge in [0.1, 0.15) is 11.9 Å². The van der Waals surface area contributed by atoms with Gasteiger partial charge < -0.3 is 10.0 Å². The van der Waals surface area contributed by atoms with Crippen LogP contribution in [0.5, 0.6) is 0 Å². The number of hydrogen-bond donors (Lipinski definition) is 1. The van der Waals surface area contributed by atoms with Gasteiger partial charge in [0.2, 0.25) is 0 Å². The van der Waals surface area contributed by atoms with Crippen molar-refractivity contribution < 1.29 is 9.08 Å². The molecule has 0 spiro atoms. The maximum Gasteiger partial charge on any atom is 0.349 e. The third-order valence-electron chi connectivity index (χ3n) is 1.51. The van der Waals surface area contributed by atoms with Gasteiger partial charge in [-0.2, -0.15) is 0 Å². The van der Waals surface area contributed by atoms with E-state index >= 15 is 0 Å². The molecule has 0 aromatic heterocycles. The third kappa shape index (κ3) is 2.94. The van der Waals surface area contributed by atoms with Crippen molar-refractivity contribution in [1.29, 1.82) is 0 Å². The zero-order valence-electron chi connectivity index (χ0n) is 7.04. The Morgan fingerprint density at radius 3 is 2.79 bits per heavy atom. The van der Waals surface area contributed by atoms with E-state index in [1.54, 1.807) is 18.2 Å². The summed E-state index contributed by atoms with van der Waals surface area (Å²) in [6, 6.07) is 5.00. The number of carbonyl (C=O) groups excluding carboxylic acids is 1. The number of carbonyl (C=O) groups is 1. The Bertz CT molecular complexity index is 377. The number of benzene rings is 1. The summed E-state index contributed by atoms with van der Waals surface area (Å²) < 4.78 is 3.92. The molecule has 0 aliphatic rings. The van der Waals surface area contributed by atoms with Crippen molar-refractivity contribution in [2.24, 2.45) is 0 Å². The zero-order chi connectivity index (χ0) is 10.6. The standard InChI is InChI=1S/C9H7Cl2NO2/c10-7-3-1-6(5-8(7)12)2-4-9(13)14-11/h1-5H,12H2/b4-2+. The normalized spacial score (nSPS) is 10.4. The van der Waals surface area contributed by atoms with Gasteiger partial charge in [-0.05, 0) is 23.8 Å². The Balaban J connectivity index is 2.83. The summed E-state index contributed by atoms with van der Waals surface area (Å²) >= 11 is 10.5. The summed E-state index contributed by atoms with van der Waals surface area (Å²) in [4.78, 5) is 10.6. The van der Waals surface area contributed by atoms with E-state index in [9.17, 15) is 4.79 Å². The predicted molar refractivity (Wildman–Crippen MR) is 56.8 cm³/mol. The predicted octanol–water partition coefficient (Wildman–Crippen LogP) is 2.63. The summed E-state index contributed by atoms with van der Waals surface area (Å²) in [6.45, 7) is 0. The maximum atomic E-state index is 10.6. The van der Waals surface area contributed by atoms with Crippen LogP contribution in [0.3, 0.4) is 0 Å². The van der Waals surface area contributed by atoms with E-state index in [2.05, 4.69) is 4.29 Å². The summed E-state index contributed by atoms with van der Waals surface area (Å²) in [5, 5.41) is 0.474. The molecule has 2 N–H and O–H groups in total. The molecule has 1 aromatic carbocycles. The van der Waals surface area contributed by atoms with Crippen molar-refractivity contribution in [3.8, 4) is 0 Å². The van der Waals surface area contributed by atoms with Gasteiger partial charge in [0.25, 0.3) is 0 Å². The van der Waals surface area contributed by atoms with Gasteiger partial charge in [0.15, 0.2) is 0 Å². The molecule has 0 aliphatic heterocycles. The number of nitrogens with two attached hydrogens (primary N) is 1. The highest BCUT2D eigenvalue weighted by Gasteiger charge is 1.97. The molecule has 0 aliphatic carbocycles. The average Bonchev–Trinajstić information content (AvgIpc) is 2.19. The van der Waals surface area contributed by atoms with Crippen LogP contribution in [0.1, 0.15) is 5.56 Å². The molecule has 0 heterocycles. The fraction of sp³-hybridized carbons (Fsp3) is 0. The molecule has 0 bridgehead atoms. The molecule has 0 radical (unpaired) electrons. The van der Waals surface area contributed by atoms with Crippen LogP contribution in [0.2, 0.25) is 5.02 Å². The Labute approximate surface area is 91.2 Å². The monoisotopic (exact) mass is 231 g/mol. The highest BCUT2D eigenvalue weighted by molar-refractivity contribution is 6.33. The van der Waals surface area contributed by atoms with E-state index in [0.717, 1.165) is 5.56 Å². The summed E-state index contributed by atoms with van der Waals surface area (Å²) in [5.74, 6) is -0.639. The van der Waals surface area contributed by atoms with Gasteiger partial charge in [0.05, 0.1) is 10.7 Å². The highest BCUT2D eigenvalue weighted by Crippen LogP contribution is 2.20. The van der Waals surface area contributed by atoms with E-state index in [-0.39, 0.29) is 0 Å². The quantitative estimate of drug-likeness (QED) is 0.629. The van der Waals surface area contributed by atoms with E-state index in [1.807, 2.05) is 0 Å². The van der Waals surface area contributed by atoms with Gasteiger partial charge >= 0.3 is 5.97 Å².